The summed E-state index contributed by atoms with van der Waals surface area (Å²) in [4.78, 5) is 14.3. The van der Waals surface area contributed by atoms with Crippen molar-refractivity contribution in [2.75, 3.05) is 24.7 Å². The molecule has 22 heavy (non-hydrogen) atoms. The first-order chi connectivity index (χ1) is 10.6. The number of aryl methyl sites for hydroxylation is 2. The van der Waals surface area contributed by atoms with E-state index in [1.54, 1.807) is 4.90 Å². The summed E-state index contributed by atoms with van der Waals surface area (Å²) in [6.45, 7) is 5.10. The van der Waals surface area contributed by atoms with E-state index < -0.39 is 0 Å². The van der Waals surface area contributed by atoms with Crippen LogP contribution in [0.2, 0.25) is 0 Å². The summed E-state index contributed by atoms with van der Waals surface area (Å²) in [5.41, 5.74) is 3.03. The molecule has 0 atom stereocenters. The zero-order valence-corrected chi connectivity index (χ0v) is 12.8. The summed E-state index contributed by atoms with van der Waals surface area (Å²) in [5.74, 6) is 1.42. The summed E-state index contributed by atoms with van der Waals surface area (Å²) < 4.78 is 11.3. The van der Waals surface area contributed by atoms with Crippen LogP contribution in [-0.4, -0.2) is 25.7 Å². The van der Waals surface area contributed by atoms with Crippen LogP contribution in [0.25, 0.3) is 0 Å². The van der Waals surface area contributed by atoms with Crippen molar-refractivity contribution >= 4 is 11.6 Å². The van der Waals surface area contributed by atoms with E-state index in [1.807, 2.05) is 50.2 Å². The van der Waals surface area contributed by atoms with Crippen LogP contribution < -0.4 is 14.4 Å². The predicted octanol–water partition coefficient (Wildman–Crippen LogP) is 3.11. The van der Waals surface area contributed by atoms with Gasteiger partial charge >= 0.3 is 0 Å². The second kappa shape index (κ2) is 6.10. The number of carbonyl (C=O) groups excluding carboxylic acids is 1. The summed E-state index contributed by atoms with van der Waals surface area (Å²) >= 11 is 0. The van der Waals surface area contributed by atoms with E-state index in [0.717, 1.165) is 22.6 Å². The van der Waals surface area contributed by atoms with E-state index in [-0.39, 0.29) is 12.5 Å². The Morgan fingerprint density at radius 2 is 2.00 bits per heavy atom. The molecule has 0 aliphatic carbocycles. The lowest BCUT2D eigenvalue weighted by Crippen LogP contribution is -2.41. The highest BCUT2D eigenvalue weighted by atomic mass is 16.5. The molecule has 0 aromatic heterocycles. The van der Waals surface area contributed by atoms with Crippen LogP contribution in [0.15, 0.2) is 42.5 Å². The maximum Gasteiger partial charge on any atom is 0.265 e. The number of benzene rings is 2. The number of rotatable bonds is 3. The standard InChI is InChI=1S/C18H19NO3/c1-13-10-14(2)18-16(11-13)21-9-8-19(18)17(20)12-22-15-6-4-3-5-7-15/h3-7,10-11H,8-9,12H2,1-2H3. The van der Waals surface area contributed by atoms with Gasteiger partial charge in [-0.3, -0.25) is 4.79 Å². The first kappa shape index (κ1) is 14.4. The van der Waals surface area contributed by atoms with Crippen molar-refractivity contribution in [3.63, 3.8) is 0 Å². The van der Waals surface area contributed by atoms with Crippen molar-refractivity contribution in [2.45, 2.75) is 13.8 Å². The summed E-state index contributed by atoms with van der Waals surface area (Å²) in [6.07, 6.45) is 0. The molecule has 1 heterocycles. The molecular weight excluding hydrogens is 278 g/mol. The number of carbonyl (C=O) groups is 1. The minimum Gasteiger partial charge on any atom is -0.490 e. The Kier molecular flexibility index (Phi) is 4.00. The molecule has 4 heteroatoms. The van der Waals surface area contributed by atoms with Crippen LogP contribution in [0.5, 0.6) is 11.5 Å². The minimum atomic E-state index is -0.0552. The van der Waals surface area contributed by atoms with E-state index >= 15 is 0 Å². The Balaban J connectivity index is 1.77. The van der Waals surface area contributed by atoms with Crippen molar-refractivity contribution in [1.29, 1.82) is 0 Å². The molecule has 3 rings (SSSR count). The van der Waals surface area contributed by atoms with E-state index in [9.17, 15) is 4.79 Å². The molecule has 0 spiro atoms. The molecule has 4 nitrogen and oxygen atoms in total. The Hall–Kier alpha value is -2.49. The van der Waals surface area contributed by atoms with Gasteiger partial charge in [0.05, 0.1) is 12.2 Å². The Morgan fingerprint density at radius 1 is 1.23 bits per heavy atom. The fourth-order valence-electron chi connectivity index (χ4n) is 2.72. The molecule has 2 aromatic rings. The van der Waals surface area contributed by atoms with E-state index in [1.165, 1.54) is 0 Å². The SMILES string of the molecule is Cc1cc(C)c2c(c1)OCCN2C(=O)COc1ccccc1. The molecule has 0 saturated carbocycles. The molecule has 0 saturated heterocycles. The number of hydrogen-bond acceptors (Lipinski definition) is 3. The third kappa shape index (κ3) is 2.91. The third-order valence-corrected chi connectivity index (χ3v) is 3.66. The van der Waals surface area contributed by atoms with Gasteiger partial charge in [0.1, 0.15) is 18.1 Å². The highest BCUT2D eigenvalue weighted by Crippen LogP contribution is 2.36. The number of ether oxygens (including phenoxy) is 2. The number of para-hydroxylation sites is 1. The van der Waals surface area contributed by atoms with Crippen LogP contribution in [0, 0.1) is 13.8 Å². The van der Waals surface area contributed by atoms with Crippen LogP contribution in [0.4, 0.5) is 5.69 Å². The molecule has 2 aromatic carbocycles. The van der Waals surface area contributed by atoms with Crippen molar-refractivity contribution in [2.24, 2.45) is 0 Å². The number of fused-ring (bicyclic) bond motifs is 1. The van der Waals surface area contributed by atoms with Crippen molar-refractivity contribution in [1.82, 2.24) is 0 Å². The summed E-state index contributed by atoms with van der Waals surface area (Å²) in [5, 5.41) is 0. The Labute approximate surface area is 130 Å². The smallest absolute Gasteiger partial charge is 0.265 e. The average molecular weight is 297 g/mol. The zero-order valence-electron chi connectivity index (χ0n) is 12.8. The lowest BCUT2D eigenvalue weighted by Gasteiger charge is -2.31. The lowest BCUT2D eigenvalue weighted by molar-refractivity contribution is -0.120. The predicted molar refractivity (Wildman–Crippen MR) is 85.7 cm³/mol. The first-order valence-electron chi connectivity index (χ1n) is 7.37. The molecule has 0 fully saturated rings. The second-order valence-corrected chi connectivity index (χ2v) is 5.42. The van der Waals surface area contributed by atoms with Crippen molar-refractivity contribution in [3.05, 3.63) is 53.6 Å². The van der Waals surface area contributed by atoms with Gasteiger partial charge in [-0.25, -0.2) is 0 Å². The van der Waals surface area contributed by atoms with Gasteiger partial charge in [-0.15, -0.1) is 0 Å². The number of nitrogens with zero attached hydrogens (tertiary/aromatic N) is 1. The van der Waals surface area contributed by atoms with Gasteiger partial charge in [-0.2, -0.15) is 0 Å². The topological polar surface area (TPSA) is 38.8 Å². The van der Waals surface area contributed by atoms with Crippen LogP contribution >= 0.6 is 0 Å². The van der Waals surface area contributed by atoms with Gasteiger partial charge in [0.15, 0.2) is 6.61 Å². The Morgan fingerprint density at radius 3 is 2.77 bits per heavy atom. The first-order valence-corrected chi connectivity index (χ1v) is 7.37. The van der Waals surface area contributed by atoms with E-state index in [0.29, 0.717) is 18.9 Å². The van der Waals surface area contributed by atoms with Crippen LogP contribution in [-0.2, 0) is 4.79 Å². The van der Waals surface area contributed by atoms with Gasteiger partial charge in [0.2, 0.25) is 0 Å². The van der Waals surface area contributed by atoms with Gasteiger partial charge in [0, 0.05) is 0 Å². The molecular formula is C18H19NO3. The number of hydrogen-bond donors (Lipinski definition) is 0. The second-order valence-electron chi connectivity index (χ2n) is 5.42. The zero-order chi connectivity index (χ0) is 15.5. The van der Waals surface area contributed by atoms with E-state index in [2.05, 4.69) is 6.07 Å². The molecule has 114 valence electrons. The third-order valence-electron chi connectivity index (χ3n) is 3.66. The maximum absolute atomic E-state index is 12.5. The van der Waals surface area contributed by atoms with Crippen molar-refractivity contribution in [3.8, 4) is 11.5 Å². The highest BCUT2D eigenvalue weighted by Gasteiger charge is 2.26. The fourth-order valence-corrected chi connectivity index (χ4v) is 2.72. The molecule has 0 bridgehead atoms. The minimum absolute atomic E-state index is 0.0246. The van der Waals surface area contributed by atoms with Crippen LogP contribution in [0.3, 0.4) is 0 Å². The molecule has 1 aliphatic rings. The Bertz CT molecular complexity index is 682. The van der Waals surface area contributed by atoms with Crippen molar-refractivity contribution < 1.29 is 14.3 Å². The quantitative estimate of drug-likeness (QED) is 0.874. The van der Waals surface area contributed by atoms with Gasteiger partial charge < -0.3 is 14.4 Å². The van der Waals surface area contributed by atoms with Crippen LogP contribution in [0.1, 0.15) is 11.1 Å². The molecule has 1 aliphatic heterocycles. The lowest BCUT2D eigenvalue weighted by atomic mass is 10.1. The normalized spacial score (nSPS) is 13.3. The highest BCUT2D eigenvalue weighted by molar-refractivity contribution is 5.97. The molecule has 0 N–H and O–H groups in total. The van der Waals surface area contributed by atoms with Gasteiger partial charge in [-0.05, 0) is 43.2 Å². The fraction of sp³-hybridized carbons (Fsp3) is 0.278. The molecule has 0 radical (unpaired) electrons. The van der Waals surface area contributed by atoms with E-state index in [4.69, 9.17) is 9.47 Å². The van der Waals surface area contributed by atoms with Gasteiger partial charge in [-0.1, -0.05) is 24.3 Å². The monoisotopic (exact) mass is 297 g/mol. The maximum atomic E-state index is 12.5. The number of anilines is 1. The van der Waals surface area contributed by atoms with Gasteiger partial charge in [0.25, 0.3) is 5.91 Å². The number of amides is 1. The summed E-state index contributed by atoms with van der Waals surface area (Å²) in [7, 11) is 0. The average Bonchev–Trinajstić information content (AvgIpc) is 2.52. The molecule has 0 unspecified atom stereocenters. The molecule has 1 amide bonds. The summed E-state index contributed by atoms with van der Waals surface area (Å²) in [6, 6.07) is 13.4. The largest absolute Gasteiger partial charge is 0.490 e.